The third kappa shape index (κ3) is 2.58. The van der Waals surface area contributed by atoms with Gasteiger partial charge >= 0.3 is 5.69 Å². The zero-order valence-electron chi connectivity index (χ0n) is 9.94. The summed E-state index contributed by atoms with van der Waals surface area (Å²) in [5, 5.41) is 9.83. The molecule has 2 N–H and O–H groups in total. The van der Waals surface area contributed by atoms with Gasteiger partial charge in [0.2, 0.25) is 5.88 Å². The smallest absolute Gasteiger partial charge is 0.331 e. The van der Waals surface area contributed by atoms with Crippen LogP contribution in [0.15, 0.2) is 33.9 Å². The Kier molecular flexibility index (Phi) is 3.64. The second-order valence-electron chi connectivity index (χ2n) is 3.97. The fraction of sp³-hybridized carbons (Fsp3) is 0.167. The summed E-state index contributed by atoms with van der Waals surface area (Å²) in [5.74, 6) is -1.60. The van der Waals surface area contributed by atoms with E-state index in [-0.39, 0.29) is 5.56 Å². The van der Waals surface area contributed by atoms with E-state index < -0.39 is 41.5 Å². The Hall–Kier alpha value is -2.51. The van der Waals surface area contributed by atoms with Gasteiger partial charge in [-0.05, 0) is 17.7 Å². The summed E-state index contributed by atoms with van der Waals surface area (Å²) in [6.45, 7) is -1.08. The van der Waals surface area contributed by atoms with Gasteiger partial charge in [0, 0.05) is 0 Å². The van der Waals surface area contributed by atoms with Crippen LogP contribution in [0.5, 0.6) is 5.88 Å². The van der Waals surface area contributed by atoms with Gasteiger partial charge in [-0.25, -0.2) is 18.0 Å². The summed E-state index contributed by atoms with van der Waals surface area (Å²) in [7, 11) is 0. The van der Waals surface area contributed by atoms with Gasteiger partial charge in [-0.3, -0.25) is 14.3 Å². The first-order valence-electron chi connectivity index (χ1n) is 5.50. The molecule has 2 rings (SSSR count). The molecule has 2 aromatic rings. The van der Waals surface area contributed by atoms with Crippen LogP contribution >= 0.6 is 0 Å². The Labute approximate surface area is 109 Å². The number of aromatic nitrogens is 2. The number of aromatic hydroxyl groups is 1. The van der Waals surface area contributed by atoms with Crippen molar-refractivity contribution in [2.75, 3.05) is 0 Å². The summed E-state index contributed by atoms with van der Waals surface area (Å²) in [6, 6.07) is 4.65. The average Bonchev–Trinajstić information content (AvgIpc) is 2.34. The van der Waals surface area contributed by atoms with Crippen LogP contribution in [0.3, 0.4) is 0 Å². The maximum absolute atomic E-state index is 13.1. The van der Waals surface area contributed by atoms with Crippen molar-refractivity contribution < 1.29 is 18.3 Å². The maximum atomic E-state index is 13.1. The van der Waals surface area contributed by atoms with Crippen molar-refractivity contribution in [3.8, 4) is 17.0 Å². The molecule has 0 aliphatic rings. The molecule has 0 bridgehead atoms. The molecule has 0 aliphatic carbocycles. The zero-order chi connectivity index (χ0) is 14.9. The minimum absolute atomic E-state index is 0.0215. The fourth-order valence-electron chi connectivity index (χ4n) is 1.77. The molecule has 1 aromatic heterocycles. The van der Waals surface area contributed by atoms with Crippen molar-refractivity contribution in [2.24, 2.45) is 0 Å². The Morgan fingerprint density at radius 3 is 2.60 bits per heavy atom. The number of hydrogen-bond donors (Lipinski definition) is 2. The number of alkyl halides is 2. The summed E-state index contributed by atoms with van der Waals surface area (Å²) in [6.07, 6.45) is -2.90. The highest BCUT2D eigenvalue weighted by molar-refractivity contribution is 5.67. The van der Waals surface area contributed by atoms with E-state index in [1.165, 1.54) is 12.1 Å². The SMILES string of the molecule is O=c1[nH]c(=O)n(CC(F)F)c(O)c1-c1cccc(F)c1. The standard InChI is InChI=1S/C12H9F3N2O3/c13-7-3-1-2-6(4-7)9-10(18)16-12(20)17(11(9)19)5-8(14)15/h1-4,8,19H,5H2,(H,16,18,20). The average molecular weight is 286 g/mol. The zero-order valence-corrected chi connectivity index (χ0v) is 9.94. The molecular weight excluding hydrogens is 277 g/mol. The van der Waals surface area contributed by atoms with Crippen LogP contribution in [0.4, 0.5) is 13.2 Å². The van der Waals surface area contributed by atoms with E-state index in [4.69, 9.17) is 0 Å². The lowest BCUT2D eigenvalue weighted by molar-refractivity contribution is 0.120. The molecule has 106 valence electrons. The van der Waals surface area contributed by atoms with Gasteiger partial charge in [-0.1, -0.05) is 12.1 Å². The Morgan fingerprint density at radius 1 is 1.30 bits per heavy atom. The van der Waals surface area contributed by atoms with Gasteiger partial charge in [0.25, 0.3) is 12.0 Å². The molecule has 0 atom stereocenters. The number of hydrogen-bond acceptors (Lipinski definition) is 3. The lowest BCUT2D eigenvalue weighted by Gasteiger charge is -2.11. The number of H-pyrrole nitrogens is 1. The van der Waals surface area contributed by atoms with E-state index in [0.29, 0.717) is 4.57 Å². The molecule has 0 spiro atoms. The van der Waals surface area contributed by atoms with Crippen molar-refractivity contribution in [2.45, 2.75) is 13.0 Å². The highest BCUT2D eigenvalue weighted by Gasteiger charge is 2.18. The molecule has 0 saturated carbocycles. The van der Waals surface area contributed by atoms with Gasteiger partial charge in [0.15, 0.2) is 0 Å². The summed E-state index contributed by atoms with van der Waals surface area (Å²) >= 11 is 0. The third-order valence-electron chi connectivity index (χ3n) is 2.61. The lowest BCUT2D eigenvalue weighted by atomic mass is 10.1. The second-order valence-corrected chi connectivity index (χ2v) is 3.97. The lowest BCUT2D eigenvalue weighted by Crippen LogP contribution is -2.32. The topological polar surface area (TPSA) is 75.1 Å². The van der Waals surface area contributed by atoms with Crippen LogP contribution < -0.4 is 11.2 Å². The molecule has 5 nitrogen and oxygen atoms in total. The van der Waals surface area contributed by atoms with E-state index in [2.05, 4.69) is 0 Å². The highest BCUT2D eigenvalue weighted by Crippen LogP contribution is 2.24. The largest absolute Gasteiger partial charge is 0.494 e. The molecule has 0 fully saturated rings. The van der Waals surface area contributed by atoms with E-state index in [9.17, 15) is 27.9 Å². The maximum Gasteiger partial charge on any atom is 0.331 e. The quantitative estimate of drug-likeness (QED) is 0.893. The first-order chi connectivity index (χ1) is 9.40. The van der Waals surface area contributed by atoms with Crippen molar-refractivity contribution in [3.05, 3.63) is 50.9 Å². The predicted molar refractivity (Wildman–Crippen MR) is 64.4 cm³/mol. The van der Waals surface area contributed by atoms with Gasteiger partial charge in [0.05, 0.1) is 6.54 Å². The van der Waals surface area contributed by atoms with Gasteiger partial charge < -0.3 is 5.11 Å². The Balaban J connectivity index is 2.71. The van der Waals surface area contributed by atoms with Crippen LogP contribution in [-0.2, 0) is 6.54 Å². The van der Waals surface area contributed by atoms with Crippen LogP contribution in [-0.4, -0.2) is 21.1 Å². The van der Waals surface area contributed by atoms with Gasteiger partial charge in [-0.2, -0.15) is 0 Å². The molecule has 0 amide bonds. The molecule has 8 heteroatoms. The Bertz CT molecular complexity index is 752. The van der Waals surface area contributed by atoms with E-state index in [1.807, 2.05) is 4.98 Å². The highest BCUT2D eigenvalue weighted by atomic mass is 19.3. The third-order valence-corrected chi connectivity index (χ3v) is 2.61. The van der Waals surface area contributed by atoms with Crippen LogP contribution in [0.25, 0.3) is 11.1 Å². The monoisotopic (exact) mass is 286 g/mol. The number of benzene rings is 1. The van der Waals surface area contributed by atoms with E-state index in [1.54, 1.807) is 0 Å². The van der Waals surface area contributed by atoms with Crippen LogP contribution in [0, 0.1) is 5.82 Å². The molecule has 0 saturated heterocycles. The predicted octanol–water partition coefficient (Wildman–Crippen LogP) is 1.31. The Morgan fingerprint density at radius 2 is 2.00 bits per heavy atom. The summed E-state index contributed by atoms with van der Waals surface area (Å²) in [4.78, 5) is 24.9. The number of halogens is 3. The van der Waals surface area contributed by atoms with Crippen LogP contribution in [0.2, 0.25) is 0 Å². The van der Waals surface area contributed by atoms with Crippen LogP contribution in [0.1, 0.15) is 0 Å². The molecule has 0 aliphatic heterocycles. The van der Waals surface area contributed by atoms with Gasteiger partial charge in [0.1, 0.15) is 11.4 Å². The number of aromatic amines is 1. The van der Waals surface area contributed by atoms with Gasteiger partial charge in [-0.15, -0.1) is 0 Å². The molecular formula is C12H9F3N2O3. The van der Waals surface area contributed by atoms with E-state index >= 15 is 0 Å². The minimum Gasteiger partial charge on any atom is -0.494 e. The summed E-state index contributed by atoms with van der Waals surface area (Å²) in [5.41, 5.74) is -2.60. The second kappa shape index (κ2) is 5.24. The first kappa shape index (κ1) is 13.9. The fourth-order valence-corrected chi connectivity index (χ4v) is 1.77. The van der Waals surface area contributed by atoms with Crippen molar-refractivity contribution in [3.63, 3.8) is 0 Å². The number of rotatable bonds is 3. The number of nitrogens with zero attached hydrogens (tertiary/aromatic N) is 1. The molecule has 1 heterocycles. The van der Waals surface area contributed by atoms with Crippen molar-refractivity contribution in [1.82, 2.24) is 9.55 Å². The first-order valence-corrected chi connectivity index (χ1v) is 5.50. The summed E-state index contributed by atoms with van der Waals surface area (Å²) < 4.78 is 38.2. The molecule has 0 unspecified atom stereocenters. The van der Waals surface area contributed by atoms with E-state index in [0.717, 1.165) is 12.1 Å². The van der Waals surface area contributed by atoms with Crippen molar-refractivity contribution >= 4 is 0 Å². The molecule has 0 radical (unpaired) electrons. The minimum atomic E-state index is -2.90. The van der Waals surface area contributed by atoms with Crippen molar-refractivity contribution in [1.29, 1.82) is 0 Å². The number of nitrogens with one attached hydrogen (secondary N) is 1. The molecule has 20 heavy (non-hydrogen) atoms. The molecule has 1 aromatic carbocycles. The normalized spacial score (nSPS) is 11.0.